The Kier molecular flexibility index (Phi) is 3.39. The summed E-state index contributed by atoms with van der Waals surface area (Å²) in [7, 11) is -3.99. The van der Waals surface area contributed by atoms with Crippen molar-refractivity contribution in [2.75, 3.05) is 4.72 Å². The number of nitrogens with one attached hydrogen (secondary N) is 2. The van der Waals surface area contributed by atoms with Crippen molar-refractivity contribution >= 4 is 15.7 Å². The standard InChI is InChI=1S/C12H11FN2O3S/c1-8-6-9(2-3-10(8)13)15-19(17,18)12-7-14-5-4-11(12)16/h2-7,15H,1H3,(H,14,16). The van der Waals surface area contributed by atoms with Gasteiger partial charge < -0.3 is 4.98 Å². The minimum Gasteiger partial charge on any atom is -0.366 e. The van der Waals surface area contributed by atoms with E-state index in [1.165, 1.54) is 25.3 Å². The zero-order valence-electron chi connectivity index (χ0n) is 9.98. The van der Waals surface area contributed by atoms with Crippen LogP contribution in [0.3, 0.4) is 0 Å². The number of benzene rings is 1. The van der Waals surface area contributed by atoms with Gasteiger partial charge in [-0.25, -0.2) is 12.8 Å². The van der Waals surface area contributed by atoms with Crippen molar-refractivity contribution in [3.63, 3.8) is 0 Å². The fourth-order valence-electron chi connectivity index (χ4n) is 1.53. The Morgan fingerprint density at radius 3 is 2.63 bits per heavy atom. The van der Waals surface area contributed by atoms with Crippen molar-refractivity contribution in [2.24, 2.45) is 0 Å². The van der Waals surface area contributed by atoms with E-state index in [4.69, 9.17) is 0 Å². The van der Waals surface area contributed by atoms with Gasteiger partial charge in [-0.15, -0.1) is 0 Å². The van der Waals surface area contributed by atoms with Gasteiger partial charge >= 0.3 is 0 Å². The van der Waals surface area contributed by atoms with Gasteiger partial charge in [0.15, 0.2) is 4.90 Å². The van der Waals surface area contributed by atoms with E-state index < -0.39 is 26.2 Å². The smallest absolute Gasteiger partial charge is 0.267 e. The van der Waals surface area contributed by atoms with E-state index in [-0.39, 0.29) is 5.69 Å². The highest BCUT2D eigenvalue weighted by Gasteiger charge is 2.17. The molecule has 1 heterocycles. The molecule has 0 aliphatic carbocycles. The van der Waals surface area contributed by atoms with Crippen LogP contribution in [0.5, 0.6) is 0 Å². The predicted molar refractivity (Wildman–Crippen MR) is 69.0 cm³/mol. The summed E-state index contributed by atoms with van der Waals surface area (Å²) in [6.45, 7) is 1.52. The summed E-state index contributed by atoms with van der Waals surface area (Å²) in [5.74, 6) is -0.430. The molecule has 0 bridgehead atoms. The minimum absolute atomic E-state index is 0.196. The molecule has 0 atom stereocenters. The Bertz CT molecular complexity index is 769. The number of aryl methyl sites for hydroxylation is 1. The molecule has 0 amide bonds. The van der Waals surface area contributed by atoms with Crippen LogP contribution in [0.4, 0.5) is 10.1 Å². The second-order valence-corrected chi connectivity index (χ2v) is 5.59. The molecular weight excluding hydrogens is 271 g/mol. The number of H-pyrrole nitrogens is 1. The third kappa shape index (κ3) is 2.82. The first-order chi connectivity index (χ1) is 8.90. The Balaban J connectivity index is 2.40. The molecule has 7 heteroatoms. The van der Waals surface area contributed by atoms with E-state index in [2.05, 4.69) is 9.71 Å². The number of pyridine rings is 1. The Morgan fingerprint density at radius 1 is 1.26 bits per heavy atom. The lowest BCUT2D eigenvalue weighted by molar-refractivity contribution is 0.599. The number of sulfonamides is 1. The second kappa shape index (κ2) is 4.85. The summed E-state index contributed by atoms with van der Waals surface area (Å²) < 4.78 is 39.3. The van der Waals surface area contributed by atoms with Crippen molar-refractivity contribution in [3.05, 3.63) is 58.3 Å². The molecule has 0 fully saturated rings. The van der Waals surface area contributed by atoms with Crippen LogP contribution >= 0.6 is 0 Å². The van der Waals surface area contributed by atoms with E-state index in [0.29, 0.717) is 5.56 Å². The third-order valence-corrected chi connectivity index (χ3v) is 3.89. The molecule has 2 N–H and O–H groups in total. The van der Waals surface area contributed by atoms with Crippen LogP contribution in [-0.4, -0.2) is 13.4 Å². The molecule has 0 saturated carbocycles. The largest absolute Gasteiger partial charge is 0.366 e. The van der Waals surface area contributed by atoms with Crippen molar-refractivity contribution in [1.29, 1.82) is 0 Å². The number of anilines is 1. The average Bonchev–Trinajstić information content (AvgIpc) is 2.34. The lowest BCUT2D eigenvalue weighted by Gasteiger charge is -2.08. The summed E-state index contributed by atoms with van der Waals surface area (Å²) in [4.78, 5) is 13.6. The predicted octanol–water partition coefficient (Wildman–Crippen LogP) is 1.62. The molecule has 0 unspecified atom stereocenters. The van der Waals surface area contributed by atoms with E-state index in [9.17, 15) is 17.6 Å². The van der Waals surface area contributed by atoms with Gasteiger partial charge in [-0.1, -0.05) is 0 Å². The van der Waals surface area contributed by atoms with Crippen molar-refractivity contribution in [3.8, 4) is 0 Å². The van der Waals surface area contributed by atoms with E-state index >= 15 is 0 Å². The third-order valence-electron chi connectivity index (χ3n) is 2.49. The first kappa shape index (κ1) is 13.3. The topological polar surface area (TPSA) is 79.0 Å². The molecule has 0 aliphatic heterocycles. The lowest BCUT2D eigenvalue weighted by Crippen LogP contribution is -2.21. The van der Waals surface area contributed by atoms with Crippen LogP contribution in [0.1, 0.15) is 5.56 Å². The van der Waals surface area contributed by atoms with E-state index in [1.807, 2.05) is 0 Å². The first-order valence-corrected chi connectivity index (χ1v) is 6.84. The number of rotatable bonds is 3. The molecule has 0 spiro atoms. The van der Waals surface area contributed by atoms with Crippen LogP contribution in [0, 0.1) is 12.7 Å². The van der Waals surface area contributed by atoms with Gasteiger partial charge in [0.1, 0.15) is 5.82 Å². The minimum atomic E-state index is -3.99. The van der Waals surface area contributed by atoms with Gasteiger partial charge in [-0.2, -0.15) is 0 Å². The Hall–Kier alpha value is -2.15. The highest BCUT2D eigenvalue weighted by atomic mass is 32.2. The molecule has 0 radical (unpaired) electrons. The van der Waals surface area contributed by atoms with Gasteiger partial charge in [0, 0.05) is 24.1 Å². The molecule has 0 aliphatic rings. The van der Waals surface area contributed by atoms with E-state index in [0.717, 1.165) is 18.3 Å². The van der Waals surface area contributed by atoms with Crippen LogP contribution in [0.2, 0.25) is 0 Å². The highest BCUT2D eigenvalue weighted by Crippen LogP contribution is 2.16. The molecule has 5 nitrogen and oxygen atoms in total. The summed E-state index contributed by atoms with van der Waals surface area (Å²) in [5, 5.41) is 0. The van der Waals surface area contributed by atoms with Crippen LogP contribution in [0.25, 0.3) is 0 Å². The summed E-state index contributed by atoms with van der Waals surface area (Å²) in [6, 6.07) is 4.91. The highest BCUT2D eigenvalue weighted by molar-refractivity contribution is 7.92. The van der Waals surface area contributed by atoms with Crippen molar-refractivity contribution in [2.45, 2.75) is 11.8 Å². The molecule has 0 saturated heterocycles. The molecule has 1 aromatic heterocycles. The van der Waals surface area contributed by atoms with Crippen LogP contribution in [0.15, 0.2) is 46.3 Å². The van der Waals surface area contributed by atoms with Gasteiger partial charge in [0.25, 0.3) is 10.0 Å². The van der Waals surface area contributed by atoms with Crippen molar-refractivity contribution in [1.82, 2.24) is 4.98 Å². The number of aromatic amines is 1. The molecule has 19 heavy (non-hydrogen) atoms. The van der Waals surface area contributed by atoms with Gasteiger partial charge in [0.2, 0.25) is 5.43 Å². The zero-order chi connectivity index (χ0) is 14.0. The number of hydrogen-bond donors (Lipinski definition) is 2. The summed E-state index contributed by atoms with van der Waals surface area (Å²) in [6.07, 6.45) is 2.43. The zero-order valence-corrected chi connectivity index (χ0v) is 10.8. The first-order valence-electron chi connectivity index (χ1n) is 5.36. The molecule has 1 aromatic carbocycles. The van der Waals surface area contributed by atoms with Gasteiger partial charge in [-0.3, -0.25) is 9.52 Å². The maximum Gasteiger partial charge on any atom is 0.267 e. The summed E-state index contributed by atoms with van der Waals surface area (Å²) >= 11 is 0. The Labute approximate surface area is 109 Å². The lowest BCUT2D eigenvalue weighted by atomic mass is 10.2. The number of halogens is 1. The van der Waals surface area contributed by atoms with Crippen molar-refractivity contribution < 1.29 is 12.8 Å². The fourth-order valence-corrected chi connectivity index (χ4v) is 2.63. The second-order valence-electron chi connectivity index (χ2n) is 3.94. The van der Waals surface area contributed by atoms with Gasteiger partial charge in [0.05, 0.1) is 0 Å². The maximum atomic E-state index is 13.1. The average molecular weight is 282 g/mol. The number of aromatic nitrogens is 1. The molecular formula is C12H11FN2O3S. The SMILES string of the molecule is Cc1cc(NS(=O)(=O)c2c[nH]ccc2=O)ccc1F. The van der Waals surface area contributed by atoms with E-state index in [1.54, 1.807) is 0 Å². The molecule has 2 aromatic rings. The normalized spacial score (nSPS) is 11.3. The maximum absolute atomic E-state index is 13.1. The van der Waals surface area contributed by atoms with Crippen LogP contribution < -0.4 is 10.2 Å². The number of hydrogen-bond acceptors (Lipinski definition) is 3. The fraction of sp³-hybridized carbons (Fsp3) is 0.0833. The van der Waals surface area contributed by atoms with Crippen LogP contribution in [-0.2, 0) is 10.0 Å². The monoisotopic (exact) mass is 282 g/mol. The Morgan fingerprint density at radius 2 is 2.00 bits per heavy atom. The molecule has 100 valence electrons. The summed E-state index contributed by atoms with van der Waals surface area (Å²) in [5.41, 5.74) is -0.116. The quantitative estimate of drug-likeness (QED) is 0.898. The van der Waals surface area contributed by atoms with Gasteiger partial charge in [-0.05, 0) is 30.7 Å². The molecule has 2 rings (SSSR count).